The minimum atomic E-state index is -1.88. The Morgan fingerprint density at radius 3 is 2.44 bits per heavy atom. The summed E-state index contributed by atoms with van der Waals surface area (Å²) in [7, 11) is -0.565. The topological polar surface area (TPSA) is 55.8 Å². The van der Waals surface area contributed by atoms with Gasteiger partial charge in [-0.15, -0.1) is 0 Å². The molecule has 0 heterocycles. The molecule has 0 amide bonds. The summed E-state index contributed by atoms with van der Waals surface area (Å²) in [5, 5.41) is 9.94. The second-order valence-corrected chi connectivity index (χ2v) is 11.0. The lowest BCUT2D eigenvalue weighted by Crippen LogP contribution is -2.43. The summed E-state index contributed by atoms with van der Waals surface area (Å²) in [4.78, 5) is 11.4. The van der Waals surface area contributed by atoms with Gasteiger partial charge in [0.05, 0.1) is 24.9 Å². The molecule has 0 saturated carbocycles. The molecule has 0 aromatic rings. The van der Waals surface area contributed by atoms with Gasteiger partial charge in [-0.05, 0) is 24.2 Å². The van der Waals surface area contributed by atoms with Gasteiger partial charge >= 0.3 is 5.97 Å². The van der Waals surface area contributed by atoms with E-state index in [2.05, 4.69) is 38.6 Å². The second kappa shape index (κ2) is 5.15. The van der Waals surface area contributed by atoms with Crippen molar-refractivity contribution in [3.63, 3.8) is 0 Å². The van der Waals surface area contributed by atoms with E-state index >= 15 is 0 Å². The van der Waals surface area contributed by atoms with Crippen LogP contribution in [0.15, 0.2) is 11.6 Å². The van der Waals surface area contributed by atoms with Crippen molar-refractivity contribution in [1.82, 2.24) is 0 Å². The Kier molecular flexibility index (Phi) is 4.41. The minimum Gasteiger partial charge on any atom is -0.466 e. The highest BCUT2D eigenvalue weighted by atomic mass is 28.4. The smallest absolute Gasteiger partial charge is 0.336 e. The highest BCUT2D eigenvalue weighted by Crippen LogP contribution is 2.39. The summed E-state index contributed by atoms with van der Waals surface area (Å²) >= 11 is 0. The molecule has 5 heteroatoms. The first-order chi connectivity index (χ1) is 8.08. The maximum absolute atomic E-state index is 11.4. The second-order valence-electron chi connectivity index (χ2n) is 6.28. The molecule has 0 radical (unpaired) electrons. The van der Waals surface area contributed by atoms with Crippen LogP contribution in [-0.2, 0) is 14.0 Å². The number of esters is 1. The van der Waals surface area contributed by atoms with E-state index in [-0.39, 0.29) is 11.1 Å². The lowest BCUT2D eigenvalue weighted by Gasteiger charge is -2.38. The van der Waals surface area contributed by atoms with Gasteiger partial charge in [0.15, 0.2) is 8.32 Å². The molecule has 0 aliphatic heterocycles. The van der Waals surface area contributed by atoms with Crippen molar-refractivity contribution >= 4 is 14.3 Å². The van der Waals surface area contributed by atoms with Crippen LogP contribution in [0.3, 0.4) is 0 Å². The van der Waals surface area contributed by atoms with Crippen LogP contribution in [0.5, 0.6) is 0 Å². The first-order valence-electron chi connectivity index (χ1n) is 6.24. The third kappa shape index (κ3) is 3.21. The standard InChI is InChI=1S/C13H24O4Si/c1-13(2,3)18(5,6)17-9-7-10(11(14)8-9)12(15)16-4/h7,9,11,14H,8H2,1-6H3. The van der Waals surface area contributed by atoms with Crippen LogP contribution in [0.1, 0.15) is 27.2 Å². The normalized spacial score (nSPS) is 24.9. The van der Waals surface area contributed by atoms with Crippen molar-refractivity contribution in [1.29, 1.82) is 0 Å². The molecular weight excluding hydrogens is 248 g/mol. The van der Waals surface area contributed by atoms with E-state index in [0.29, 0.717) is 12.0 Å². The fraction of sp³-hybridized carbons (Fsp3) is 0.769. The Bertz CT molecular complexity index is 354. The zero-order valence-electron chi connectivity index (χ0n) is 12.1. The average molecular weight is 272 g/mol. The number of aliphatic hydroxyl groups excluding tert-OH is 1. The number of hydrogen-bond acceptors (Lipinski definition) is 4. The van der Waals surface area contributed by atoms with Crippen molar-refractivity contribution in [2.75, 3.05) is 7.11 Å². The van der Waals surface area contributed by atoms with Crippen LogP contribution in [-0.4, -0.2) is 38.7 Å². The third-order valence-electron chi connectivity index (χ3n) is 3.85. The van der Waals surface area contributed by atoms with Gasteiger partial charge < -0.3 is 14.3 Å². The molecule has 0 fully saturated rings. The molecule has 1 aliphatic rings. The SMILES string of the molecule is COC(=O)C1=CC(O[Si](C)(C)C(C)(C)C)CC1O. The summed E-state index contributed by atoms with van der Waals surface area (Å²) in [5.74, 6) is -0.469. The van der Waals surface area contributed by atoms with Gasteiger partial charge in [0.2, 0.25) is 0 Å². The average Bonchev–Trinajstić information content (AvgIpc) is 2.55. The van der Waals surface area contributed by atoms with Crippen LogP contribution in [0.4, 0.5) is 0 Å². The third-order valence-corrected chi connectivity index (χ3v) is 8.36. The van der Waals surface area contributed by atoms with Gasteiger partial charge in [-0.2, -0.15) is 0 Å². The minimum absolute atomic E-state index is 0.111. The summed E-state index contributed by atoms with van der Waals surface area (Å²) in [5.41, 5.74) is 0.321. The van der Waals surface area contributed by atoms with Crippen LogP contribution >= 0.6 is 0 Å². The van der Waals surface area contributed by atoms with E-state index in [1.807, 2.05) is 0 Å². The fourth-order valence-electron chi connectivity index (χ4n) is 1.69. The number of hydrogen-bond donors (Lipinski definition) is 1. The van der Waals surface area contributed by atoms with E-state index in [0.717, 1.165) is 0 Å². The van der Waals surface area contributed by atoms with E-state index in [9.17, 15) is 9.90 Å². The molecule has 0 aromatic carbocycles. The summed E-state index contributed by atoms with van der Waals surface area (Å²) in [6.45, 7) is 10.8. The molecule has 104 valence electrons. The van der Waals surface area contributed by atoms with Crippen molar-refractivity contribution in [2.45, 2.75) is 57.5 Å². The summed E-state index contributed by atoms with van der Waals surface area (Å²) in [6, 6.07) is 0. The Morgan fingerprint density at radius 2 is 2.00 bits per heavy atom. The van der Waals surface area contributed by atoms with E-state index in [1.165, 1.54) is 7.11 Å². The number of aliphatic hydroxyl groups is 1. The van der Waals surface area contributed by atoms with Gasteiger partial charge in [0.1, 0.15) is 0 Å². The molecular formula is C13H24O4Si. The fourth-order valence-corrected chi connectivity index (χ4v) is 2.96. The van der Waals surface area contributed by atoms with Gasteiger partial charge in [-0.25, -0.2) is 4.79 Å². The van der Waals surface area contributed by atoms with Crippen LogP contribution < -0.4 is 0 Å². The molecule has 0 spiro atoms. The van der Waals surface area contributed by atoms with E-state index in [4.69, 9.17) is 4.43 Å². The van der Waals surface area contributed by atoms with Crippen LogP contribution in [0.2, 0.25) is 18.1 Å². The molecule has 18 heavy (non-hydrogen) atoms. The zero-order valence-corrected chi connectivity index (χ0v) is 13.1. The highest BCUT2D eigenvalue weighted by molar-refractivity contribution is 6.74. The predicted octanol–water partition coefficient (Wildman–Crippen LogP) is 2.24. The molecule has 2 unspecified atom stereocenters. The first kappa shape index (κ1) is 15.4. The number of methoxy groups -OCH3 is 1. The number of carbonyl (C=O) groups excluding carboxylic acids is 1. The predicted molar refractivity (Wildman–Crippen MR) is 72.8 cm³/mol. The largest absolute Gasteiger partial charge is 0.466 e. The molecule has 2 atom stereocenters. The van der Waals surface area contributed by atoms with Gasteiger partial charge in [-0.1, -0.05) is 20.8 Å². The molecule has 1 N–H and O–H groups in total. The van der Waals surface area contributed by atoms with E-state index in [1.54, 1.807) is 6.08 Å². The van der Waals surface area contributed by atoms with Gasteiger partial charge in [-0.3, -0.25) is 0 Å². The van der Waals surface area contributed by atoms with Crippen molar-refractivity contribution in [3.05, 3.63) is 11.6 Å². The molecule has 1 aliphatic carbocycles. The van der Waals surface area contributed by atoms with Crippen LogP contribution in [0, 0.1) is 0 Å². The zero-order chi connectivity index (χ0) is 14.1. The molecule has 0 bridgehead atoms. The first-order valence-corrected chi connectivity index (χ1v) is 9.15. The Hall–Kier alpha value is -0.653. The van der Waals surface area contributed by atoms with E-state index < -0.39 is 20.4 Å². The number of rotatable bonds is 3. The summed E-state index contributed by atoms with van der Waals surface area (Å²) < 4.78 is 10.8. The van der Waals surface area contributed by atoms with Crippen molar-refractivity contribution in [3.8, 4) is 0 Å². The van der Waals surface area contributed by atoms with Gasteiger partial charge in [0.25, 0.3) is 0 Å². The quantitative estimate of drug-likeness (QED) is 0.632. The van der Waals surface area contributed by atoms with Crippen molar-refractivity contribution in [2.24, 2.45) is 0 Å². The summed E-state index contributed by atoms with van der Waals surface area (Å²) in [6.07, 6.45) is 1.19. The maximum Gasteiger partial charge on any atom is 0.336 e. The Labute approximate surface area is 110 Å². The Morgan fingerprint density at radius 1 is 1.44 bits per heavy atom. The monoisotopic (exact) mass is 272 g/mol. The molecule has 4 nitrogen and oxygen atoms in total. The van der Waals surface area contributed by atoms with Crippen LogP contribution in [0.25, 0.3) is 0 Å². The Balaban J connectivity index is 2.78. The lowest BCUT2D eigenvalue weighted by atomic mass is 10.2. The number of carbonyl (C=O) groups is 1. The highest BCUT2D eigenvalue weighted by Gasteiger charge is 2.41. The molecule has 0 aromatic heterocycles. The molecule has 1 rings (SSSR count). The maximum atomic E-state index is 11.4. The van der Waals surface area contributed by atoms with Crippen molar-refractivity contribution < 1.29 is 19.1 Å². The lowest BCUT2D eigenvalue weighted by molar-refractivity contribution is -0.137. The molecule has 0 saturated heterocycles. The number of ether oxygens (including phenoxy) is 1. The van der Waals surface area contributed by atoms with Gasteiger partial charge in [0, 0.05) is 6.42 Å².